The summed E-state index contributed by atoms with van der Waals surface area (Å²) in [5.74, 6) is 1.58. The summed E-state index contributed by atoms with van der Waals surface area (Å²) in [6.07, 6.45) is 1.91. The SMILES string of the molecule is COc1ccc(N2CCN(C(=O)CCN(Cc3ccco3)C(C)=O)CC2)cc1. The van der Waals surface area contributed by atoms with Crippen molar-refractivity contribution in [2.75, 3.05) is 44.7 Å². The summed E-state index contributed by atoms with van der Waals surface area (Å²) in [5.41, 5.74) is 1.13. The number of carbonyl (C=O) groups excluding carboxylic acids is 2. The van der Waals surface area contributed by atoms with Crippen LogP contribution in [-0.2, 0) is 16.1 Å². The molecule has 3 rings (SSSR count). The zero-order valence-corrected chi connectivity index (χ0v) is 16.5. The van der Waals surface area contributed by atoms with Crippen LogP contribution in [0.2, 0.25) is 0 Å². The van der Waals surface area contributed by atoms with Crippen LogP contribution in [-0.4, -0.2) is 61.4 Å². The van der Waals surface area contributed by atoms with Crippen LogP contribution in [0.4, 0.5) is 5.69 Å². The topological polar surface area (TPSA) is 66.2 Å². The third-order valence-electron chi connectivity index (χ3n) is 5.04. The molecule has 0 N–H and O–H groups in total. The second kappa shape index (κ2) is 9.30. The second-order valence-electron chi connectivity index (χ2n) is 6.84. The van der Waals surface area contributed by atoms with Crippen molar-refractivity contribution in [2.45, 2.75) is 19.9 Å². The Labute approximate surface area is 165 Å². The lowest BCUT2D eigenvalue weighted by molar-refractivity contribution is -0.134. The van der Waals surface area contributed by atoms with Crippen molar-refractivity contribution < 1.29 is 18.7 Å². The van der Waals surface area contributed by atoms with Crippen molar-refractivity contribution >= 4 is 17.5 Å². The number of amides is 2. The summed E-state index contributed by atoms with van der Waals surface area (Å²) in [6, 6.07) is 11.6. The lowest BCUT2D eigenvalue weighted by Gasteiger charge is -2.36. The molecular weight excluding hydrogens is 358 g/mol. The fraction of sp³-hybridized carbons (Fsp3) is 0.429. The largest absolute Gasteiger partial charge is 0.497 e. The molecular formula is C21H27N3O4. The van der Waals surface area contributed by atoms with E-state index in [1.54, 1.807) is 24.3 Å². The Morgan fingerprint density at radius 1 is 1.11 bits per heavy atom. The lowest BCUT2D eigenvalue weighted by Crippen LogP contribution is -2.49. The summed E-state index contributed by atoms with van der Waals surface area (Å²) in [6.45, 7) is 5.25. The molecule has 7 heteroatoms. The van der Waals surface area contributed by atoms with E-state index in [1.165, 1.54) is 6.92 Å². The van der Waals surface area contributed by atoms with E-state index in [1.807, 2.05) is 35.2 Å². The number of anilines is 1. The molecule has 0 saturated carbocycles. The van der Waals surface area contributed by atoms with Gasteiger partial charge in [-0.05, 0) is 36.4 Å². The molecule has 150 valence electrons. The Hall–Kier alpha value is -2.96. The minimum absolute atomic E-state index is 0.0616. The van der Waals surface area contributed by atoms with Gasteiger partial charge in [-0.15, -0.1) is 0 Å². The normalized spacial score (nSPS) is 14.1. The van der Waals surface area contributed by atoms with E-state index >= 15 is 0 Å². The summed E-state index contributed by atoms with van der Waals surface area (Å²) < 4.78 is 10.5. The average Bonchev–Trinajstić information content (AvgIpc) is 3.24. The third kappa shape index (κ3) is 5.06. The standard InChI is InChI=1S/C21H27N3O4/c1-17(25)24(16-20-4-3-15-28-20)10-9-21(26)23-13-11-22(12-14-23)18-5-7-19(27-2)8-6-18/h3-8,15H,9-14,16H2,1-2H3. The van der Waals surface area contributed by atoms with E-state index < -0.39 is 0 Å². The first kappa shape index (κ1) is 19.8. The van der Waals surface area contributed by atoms with E-state index in [9.17, 15) is 9.59 Å². The van der Waals surface area contributed by atoms with Crippen molar-refractivity contribution in [3.63, 3.8) is 0 Å². The number of rotatable bonds is 7. The average molecular weight is 385 g/mol. The number of hydrogen-bond acceptors (Lipinski definition) is 5. The third-order valence-corrected chi connectivity index (χ3v) is 5.04. The van der Waals surface area contributed by atoms with Gasteiger partial charge in [0.15, 0.2) is 0 Å². The Kier molecular flexibility index (Phi) is 6.57. The molecule has 1 aromatic carbocycles. The van der Waals surface area contributed by atoms with Gasteiger partial charge in [0, 0.05) is 51.8 Å². The quantitative estimate of drug-likeness (QED) is 0.732. The van der Waals surface area contributed by atoms with Crippen LogP contribution < -0.4 is 9.64 Å². The molecule has 2 aromatic rings. The van der Waals surface area contributed by atoms with Gasteiger partial charge >= 0.3 is 0 Å². The predicted molar refractivity (Wildman–Crippen MR) is 106 cm³/mol. The molecule has 28 heavy (non-hydrogen) atoms. The van der Waals surface area contributed by atoms with Crippen molar-refractivity contribution in [3.8, 4) is 5.75 Å². The van der Waals surface area contributed by atoms with E-state index in [2.05, 4.69) is 4.90 Å². The van der Waals surface area contributed by atoms with Gasteiger partial charge in [0.1, 0.15) is 11.5 Å². The van der Waals surface area contributed by atoms with Crippen molar-refractivity contribution in [3.05, 3.63) is 48.4 Å². The monoisotopic (exact) mass is 385 g/mol. The zero-order chi connectivity index (χ0) is 19.9. The van der Waals surface area contributed by atoms with Gasteiger partial charge in [0.25, 0.3) is 0 Å². The fourth-order valence-corrected chi connectivity index (χ4v) is 3.33. The van der Waals surface area contributed by atoms with Gasteiger partial charge in [-0.3, -0.25) is 9.59 Å². The van der Waals surface area contributed by atoms with E-state index in [0.29, 0.717) is 32.6 Å². The van der Waals surface area contributed by atoms with Gasteiger partial charge < -0.3 is 23.9 Å². The number of hydrogen-bond donors (Lipinski definition) is 0. The summed E-state index contributed by atoms with van der Waals surface area (Å²) in [7, 11) is 1.65. The molecule has 1 aliphatic heterocycles. The number of benzene rings is 1. The smallest absolute Gasteiger partial charge is 0.224 e. The second-order valence-corrected chi connectivity index (χ2v) is 6.84. The number of carbonyl (C=O) groups is 2. The molecule has 2 heterocycles. The maximum Gasteiger partial charge on any atom is 0.224 e. The molecule has 0 bridgehead atoms. The van der Waals surface area contributed by atoms with Gasteiger partial charge in [-0.2, -0.15) is 0 Å². The van der Waals surface area contributed by atoms with Crippen LogP contribution in [0.1, 0.15) is 19.1 Å². The molecule has 0 unspecified atom stereocenters. The number of furan rings is 1. The zero-order valence-electron chi connectivity index (χ0n) is 16.5. The summed E-state index contributed by atoms with van der Waals surface area (Å²) in [4.78, 5) is 30.2. The van der Waals surface area contributed by atoms with Gasteiger partial charge in [0.05, 0.1) is 19.9 Å². The van der Waals surface area contributed by atoms with Crippen molar-refractivity contribution in [1.29, 1.82) is 0 Å². The molecule has 0 aliphatic carbocycles. The number of piperazine rings is 1. The van der Waals surface area contributed by atoms with Crippen LogP contribution >= 0.6 is 0 Å². The molecule has 1 saturated heterocycles. The summed E-state index contributed by atoms with van der Waals surface area (Å²) in [5, 5.41) is 0. The first-order valence-electron chi connectivity index (χ1n) is 9.51. The molecule has 0 radical (unpaired) electrons. The van der Waals surface area contributed by atoms with E-state index in [-0.39, 0.29) is 11.8 Å². The van der Waals surface area contributed by atoms with Crippen LogP contribution in [0.3, 0.4) is 0 Å². The van der Waals surface area contributed by atoms with Crippen LogP contribution in [0, 0.1) is 0 Å². The van der Waals surface area contributed by atoms with Crippen LogP contribution in [0.25, 0.3) is 0 Å². The molecule has 2 amide bonds. The fourth-order valence-electron chi connectivity index (χ4n) is 3.33. The minimum Gasteiger partial charge on any atom is -0.497 e. The van der Waals surface area contributed by atoms with E-state index in [0.717, 1.165) is 30.3 Å². The first-order chi connectivity index (χ1) is 13.6. The number of nitrogens with zero attached hydrogens (tertiary/aromatic N) is 3. The van der Waals surface area contributed by atoms with Crippen LogP contribution in [0.15, 0.2) is 47.1 Å². The minimum atomic E-state index is -0.0616. The van der Waals surface area contributed by atoms with E-state index in [4.69, 9.17) is 9.15 Å². The molecule has 1 aromatic heterocycles. The highest BCUT2D eigenvalue weighted by Crippen LogP contribution is 2.20. The Bertz CT molecular complexity index is 765. The Morgan fingerprint density at radius 2 is 1.82 bits per heavy atom. The van der Waals surface area contributed by atoms with Gasteiger partial charge in [-0.1, -0.05) is 0 Å². The molecule has 1 fully saturated rings. The van der Waals surface area contributed by atoms with Crippen molar-refractivity contribution in [2.24, 2.45) is 0 Å². The number of methoxy groups -OCH3 is 1. The Morgan fingerprint density at radius 3 is 2.39 bits per heavy atom. The van der Waals surface area contributed by atoms with Crippen LogP contribution in [0.5, 0.6) is 5.75 Å². The maximum atomic E-state index is 12.6. The first-order valence-corrected chi connectivity index (χ1v) is 9.51. The predicted octanol–water partition coefficient (Wildman–Crippen LogP) is 2.38. The number of ether oxygens (including phenoxy) is 1. The highest BCUT2D eigenvalue weighted by molar-refractivity contribution is 5.78. The molecule has 7 nitrogen and oxygen atoms in total. The van der Waals surface area contributed by atoms with Crippen molar-refractivity contribution in [1.82, 2.24) is 9.80 Å². The summed E-state index contributed by atoms with van der Waals surface area (Å²) >= 11 is 0. The molecule has 0 atom stereocenters. The van der Waals surface area contributed by atoms with Gasteiger partial charge in [-0.25, -0.2) is 0 Å². The lowest BCUT2D eigenvalue weighted by atomic mass is 10.2. The molecule has 1 aliphatic rings. The highest BCUT2D eigenvalue weighted by atomic mass is 16.5. The highest BCUT2D eigenvalue weighted by Gasteiger charge is 2.22. The van der Waals surface area contributed by atoms with Gasteiger partial charge in [0.2, 0.25) is 11.8 Å². The Balaban J connectivity index is 1.46. The maximum absolute atomic E-state index is 12.6. The molecule has 0 spiro atoms.